The van der Waals surface area contributed by atoms with Crippen molar-refractivity contribution < 1.29 is 24.9 Å². The van der Waals surface area contributed by atoms with Crippen molar-refractivity contribution in [1.29, 1.82) is 0 Å². The van der Waals surface area contributed by atoms with E-state index in [-0.39, 0.29) is 34.4 Å². The summed E-state index contributed by atoms with van der Waals surface area (Å²) in [5.41, 5.74) is -1.08. The van der Waals surface area contributed by atoms with Gasteiger partial charge in [-0.05, 0) is 80.5 Å². The van der Waals surface area contributed by atoms with E-state index in [9.17, 15) is 24.9 Å². The lowest BCUT2D eigenvalue weighted by Crippen LogP contribution is -2.63. The Bertz CT molecular complexity index is 964. The van der Waals surface area contributed by atoms with Crippen LogP contribution >= 0.6 is 0 Å². The molecular weight excluding hydrogens is 440 g/mol. The van der Waals surface area contributed by atoms with Gasteiger partial charge in [0.15, 0.2) is 0 Å². The predicted octanol–water partition coefficient (Wildman–Crippen LogP) is 5.55. The van der Waals surface area contributed by atoms with Crippen LogP contribution in [0, 0.1) is 44.8 Å². The molecule has 0 saturated heterocycles. The molecule has 3 saturated carbocycles. The largest absolute Gasteiger partial charge is 0.481 e. The minimum atomic E-state index is -0.791. The van der Waals surface area contributed by atoms with Crippen LogP contribution in [-0.2, 0) is 9.59 Å². The lowest BCUT2D eigenvalue weighted by Gasteiger charge is -2.64. The monoisotopic (exact) mass is 486 g/mol. The molecule has 0 bridgehead atoms. The van der Waals surface area contributed by atoms with Gasteiger partial charge in [0.1, 0.15) is 5.78 Å². The normalized spacial score (nSPS) is 48.9. The van der Waals surface area contributed by atoms with E-state index >= 15 is 0 Å². The quantitative estimate of drug-likeness (QED) is 0.484. The Morgan fingerprint density at radius 1 is 1.06 bits per heavy atom. The Labute approximate surface area is 211 Å². The molecule has 35 heavy (non-hydrogen) atoms. The molecule has 0 spiro atoms. The van der Waals surface area contributed by atoms with Crippen molar-refractivity contribution in [2.24, 2.45) is 44.8 Å². The van der Waals surface area contributed by atoms with Crippen molar-refractivity contribution in [3.05, 3.63) is 23.8 Å². The van der Waals surface area contributed by atoms with Crippen LogP contribution in [0.1, 0.15) is 93.4 Å². The number of carboxylic acid groups (broad SMARTS) is 1. The highest BCUT2D eigenvalue weighted by Crippen LogP contribution is 2.66. The van der Waals surface area contributed by atoms with Gasteiger partial charge in [-0.3, -0.25) is 9.59 Å². The summed E-state index contributed by atoms with van der Waals surface area (Å²) in [6.45, 7) is 14.3. The molecule has 196 valence electrons. The predicted molar refractivity (Wildman–Crippen MR) is 137 cm³/mol. The number of hydrogen-bond acceptors (Lipinski definition) is 4. The van der Waals surface area contributed by atoms with Crippen molar-refractivity contribution in [1.82, 2.24) is 0 Å². The fraction of sp³-hybridized carbons (Fsp3) is 0.800. The third-order valence-electron chi connectivity index (χ3n) is 11.7. The molecule has 0 aromatic rings. The third-order valence-corrected chi connectivity index (χ3v) is 11.7. The smallest absolute Gasteiger partial charge is 0.309 e. The highest BCUT2D eigenvalue weighted by Gasteiger charge is 2.63. The van der Waals surface area contributed by atoms with Gasteiger partial charge in [0.05, 0.1) is 17.6 Å². The highest BCUT2D eigenvalue weighted by molar-refractivity contribution is 5.83. The van der Waals surface area contributed by atoms with E-state index < -0.39 is 34.4 Å². The minimum Gasteiger partial charge on any atom is -0.481 e. The SMILES string of the molecule is CC(=O)C1(CC2=CC3(C)CCCC(C)(C(=O)O)C3C=C2)CCC2C(C)(C)C(O)C(O)CC2(C)C1C. The van der Waals surface area contributed by atoms with Gasteiger partial charge in [0.2, 0.25) is 0 Å². The fourth-order valence-electron chi connectivity index (χ4n) is 9.41. The van der Waals surface area contributed by atoms with E-state index in [1.165, 1.54) is 0 Å². The number of hydrogen-bond donors (Lipinski definition) is 3. The average Bonchev–Trinajstić information content (AvgIpc) is 2.74. The molecule has 0 aromatic carbocycles. The van der Waals surface area contributed by atoms with Crippen molar-refractivity contribution >= 4 is 11.8 Å². The summed E-state index contributed by atoms with van der Waals surface area (Å²) in [6, 6.07) is 0. The second-order valence-corrected chi connectivity index (χ2v) is 13.9. The minimum absolute atomic E-state index is 0.0446. The summed E-state index contributed by atoms with van der Waals surface area (Å²) in [5.74, 6) is -0.314. The van der Waals surface area contributed by atoms with Crippen LogP contribution in [-0.4, -0.2) is 39.3 Å². The second-order valence-electron chi connectivity index (χ2n) is 13.9. The topological polar surface area (TPSA) is 94.8 Å². The summed E-state index contributed by atoms with van der Waals surface area (Å²) in [7, 11) is 0. The zero-order chi connectivity index (χ0) is 26.2. The zero-order valence-electron chi connectivity index (χ0n) is 22.7. The first-order valence-electron chi connectivity index (χ1n) is 13.6. The van der Waals surface area contributed by atoms with Crippen LogP contribution < -0.4 is 0 Å². The lowest BCUT2D eigenvalue weighted by molar-refractivity contribution is -0.209. The number of allylic oxidation sites excluding steroid dienone is 4. The molecule has 0 aromatic heterocycles. The molecule has 0 aliphatic heterocycles. The van der Waals surface area contributed by atoms with E-state index in [0.717, 1.165) is 31.3 Å². The van der Waals surface area contributed by atoms with Crippen LogP contribution in [0.2, 0.25) is 0 Å². The van der Waals surface area contributed by atoms with Gasteiger partial charge in [-0.2, -0.15) is 0 Å². The number of aliphatic hydroxyl groups is 2. The van der Waals surface area contributed by atoms with E-state index in [4.69, 9.17) is 0 Å². The second kappa shape index (κ2) is 8.28. The Morgan fingerprint density at radius 2 is 1.71 bits per heavy atom. The van der Waals surface area contributed by atoms with E-state index in [1.807, 2.05) is 6.92 Å². The summed E-state index contributed by atoms with van der Waals surface area (Å²) in [4.78, 5) is 25.6. The molecule has 9 unspecified atom stereocenters. The van der Waals surface area contributed by atoms with Gasteiger partial charge >= 0.3 is 5.97 Å². The highest BCUT2D eigenvalue weighted by atomic mass is 16.4. The average molecular weight is 487 g/mol. The number of ketones is 1. The number of carbonyl (C=O) groups is 2. The number of rotatable bonds is 4. The summed E-state index contributed by atoms with van der Waals surface area (Å²) < 4.78 is 0. The molecule has 9 atom stereocenters. The molecule has 3 N–H and O–H groups in total. The standard InChI is InChI=1S/C30H46O5/c1-18-29(7)17-21(32)24(33)26(3,4)22(29)11-14-30(18,19(2)31)16-20-9-10-23-27(5,15-20)12-8-13-28(23,6)25(34)35/h9-10,15,18,21-24,32-33H,8,11-14,16-17H2,1-7H3,(H,34,35). The fourth-order valence-corrected chi connectivity index (χ4v) is 9.41. The van der Waals surface area contributed by atoms with Crippen molar-refractivity contribution in [3.63, 3.8) is 0 Å². The number of carbonyl (C=O) groups excluding carboxylic acids is 1. The van der Waals surface area contributed by atoms with Crippen LogP contribution in [0.25, 0.3) is 0 Å². The van der Waals surface area contributed by atoms with E-state index in [0.29, 0.717) is 19.3 Å². The first-order chi connectivity index (χ1) is 16.0. The Balaban J connectivity index is 1.69. The molecule has 0 amide bonds. The molecular formula is C30H46O5. The lowest BCUT2D eigenvalue weighted by atomic mass is 9.41. The van der Waals surface area contributed by atoms with Crippen molar-refractivity contribution in [3.8, 4) is 0 Å². The summed E-state index contributed by atoms with van der Waals surface area (Å²) in [6.07, 6.45) is 10.2. The van der Waals surface area contributed by atoms with E-state index in [2.05, 4.69) is 52.8 Å². The van der Waals surface area contributed by atoms with Crippen LogP contribution in [0.3, 0.4) is 0 Å². The van der Waals surface area contributed by atoms with Crippen LogP contribution in [0.15, 0.2) is 23.8 Å². The van der Waals surface area contributed by atoms with Gasteiger partial charge in [-0.15, -0.1) is 0 Å². The summed E-state index contributed by atoms with van der Waals surface area (Å²) in [5, 5.41) is 31.6. The van der Waals surface area contributed by atoms with Crippen molar-refractivity contribution in [2.45, 2.75) is 106 Å². The molecule has 3 fully saturated rings. The maximum Gasteiger partial charge on any atom is 0.309 e. The molecule has 4 aliphatic carbocycles. The Hall–Kier alpha value is -1.46. The van der Waals surface area contributed by atoms with Gasteiger partial charge in [-0.1, -0.05) is 64.8 Å². The molecule has 5 heteroatoms. The van der Waals surface area contributed by atoms with E-state index in [1.54, 1.807) is 6.92 Å². The van der Waals surface area contributed by atoms with Gasteiger partial charge in [-0.25, -0.2) is 0 Å². The molecule has 0 radical (unpaired) electrons. The number of fused-ring (bicyclic) bond motifs is 2. The van der Waals surface area contributed by atoms with Crippen LogP contribution in [0.4, 0.5) is 0 Å². The molecule has 4 rings (SSSR count). The Kier molecular flexibility index (Phi) is 6.29. The Morgan fingerprint density at radius 3 is 2.31 bits per heavy atom. The van der Waals surface area contributed by atoms with Gasteiger partial charge < -0.3 is 15.3 Å². The first kappa shape index (κ1) is 26.6. The van der Waals surface area contributed by atoms with Crippen LogP contribution in [0.5, 0.6) is 0 Å². The molecule has 4 aliphatic rings. The zero-order valence-corrected chi connectivity index (χ0v) is 22.7. The van der Waals surface area contributed by atoms with Gasteiger partial charge in [0, 0.05) is 11.3 Å². The maximum absolute atomic E-state index is 13.4. The number of carboxylic acids is 1. The number of aliphatic hydroxyl groups excluding tert-OH is 2. The first-order valence-corrected chi connectivity index (χ1v) is 13.6. The summed E-state index contributed by atoms with van der Waals surface area (Å²) >= 11 is 0. The number of aliphatic carboxylic acids is 1. The molecule has 5 nitrogen and oxygen atoms in total. The van der Waals surface area contributed by atoms with Crippen molar-refractivity contribution in [2.75, 3.05) is 0 Å². The number of Topliss-reactive ketones (excluding diaryl/α,β-unsaturated/α-hetero) is 1. The molecule has 0 heterocycles. The maximum atomic E-state index is 13.4. The van der Waals surface area contributed by atoms with Gasteiger partial charge in [0.25, 0.3) is 0 Å². The third kappa shape index (κ3) is 3.70.